The van der Waals surface area contributed by atoms with Crippen molar-refractivity contribution in [3.63, 3.8) is 0 Å². The maximum absolute atomic E-state index is 14.8. The Bertz CT molecular complexity index is 1970. The van der Waals surface area contributed by atoms with Crippen molar-refractivity contribution < 1.29 is 34.1 Å². The summed E-state index contributed by atoms with van der Waals surface area (Å²) in [6.45, 7) is 11.4. The second-order valence-corrected chi connectivity index (χ2v) is 15.4. The molecule has 2 aliphatic carbocycles. The van der Waals surface area contributed by atoms with Gasteiger partial charge in [-0.25, -0.2) is 0 Å². The van der Waals surface area contributed by atoms with Crippen LogP contribution in [0, 0.1) is 36.0 Å². The van der Waals surface area contributed by atoms with Crippen LogP contribution >= 0.6 is 0 Å². The van der Waals surface area contributed by atoms with Crippen LogP contribution in [0.4, 0.5) is 0 Å². The van der Waals surface area contributed by atoms with E-state index in [1.807, 2.05) is 56.0 Å². The Morgan fingerprint density at radius 1 is 1.09 bits per heavy atom. The number of unbranched alkanes of at least 4 members (excludes halogenated alkanes) is 2. The maximum atomic E-state index is 14.8. The highest BCUT2D eigenvalue weighted by Crippen LogP contribution is 2.62. The van der Waals surface area contributed by atoms with Crippen LogP contribution in [0.3, 0.4) is 0 Å². The second kappa shape index (κ2) is 20.1. The standard InChI is InChI=1S/C47H58N4O7/c1-5-23-51(46(54)34-19-17-33(30-48)18-20-34)43-29-41(50-57-7-3)39-27-35(14-8-10-24-52)38(16-9-11-25-53)44-40-28-37(55-31-36-15-12-13-32(4)49-36)21-22-42(40)58-47(43,45(39)44)56-26-6-2/h6,12-13,15,17-22,27-28,35,38,43-45,52-53H,2,5,7-11,14,16,23-26,29,31H2,1,3-4H3. The number of aliphatic hydroxyl groups is 2. The summed E-state index contributed by atoms with van der Waals surface area (Å²) in [4.78, 5) is 27.2. The van der Waals surface area contributed by atoms with Crippen LogP contribution < -0.4 is 9.47 Å². The third kappa shape index (κ3) is 9.15. The predicted molar refractivity (Wildman–Crippen MR) is 222 cm³/mol. The third-order valence-corrected chi connectivity index (χ3v) is 11.6. The summed E-state index contributed by atoms with van der Waals surface area (Å²) in [6, 6.07) is 20.1. The first-order chi connectivity index (χ1) is 28.3. The zero-order chi connectivity index (χ0) is 41.1. The minimum atomic E-state index is -1.36. The van der Waals surface area contributed by atoms with E-state index in [0.717, 1.165) is 53.9 Å². The normalized spacial score (nSPS) is 23.8. The monoisotopic (exact) mass is 790 g/mol. The second-order valence-electron chi connectivity index (χ2n) is 15.4. The minimum Gasteiger partial charge on any atom is -0.487 e. The zero-order valence-electron chi connectivity index (χ0n) is 34.1. The van der Waals surface area contributed by atoms with Gasteiger partial charge < -0.3 is 34.2 Å². The Labute approximate surface area is 343 Å². The predicted octanol–water partition coefficient (Wildman–Crippen LogP) is 8.05. The molecule has 0 saturated heterocycles. The summed E-state index contributed by atoms with van der Waals surface area (Å²) in [6.07, 6.45) is 9.76. The average Bonchev–Trinajstić information content (AvgIpc) is 3.24. The van der Waals surface area contributed by atoms with Gasteiger partial charge in [0.25, 0.3) is 5.91 Å². The van der Waals surface area contributed by atoms with E-state index in [1.54, 1.807) is 30.3 Å². The van der Waals surface area contributed by atoms with Crippen molar-refractivity contribution in [1.29, 1.82) is 5.26 Å². The number of oxime groups is 1. The van der Waals surface area contributed by atoms with Gasteiger partial charge in [0, 0.05) is 48.9 Å². The molecule has 0 radical (unpaired) electrons. The Hall–Kier alpha value is -5.02. The minimum absolute atomic E-state index is 0.0861. The number of nitriles is 1. The van der Waals surface area contributed by atoms with Crippen molar-refractivity contribution in [1.82, 2.24) is 9.88 Å². The number of fused-ring (bicyclic) bond motifs is 2. The van der Waals surface area contributed by atoms with Gasteiger partial charge in [0.2, 0.25) is 5.79 Å². The molecule has 1 fully saturated rings. The lowest BCUT2D eigenvalue weighted by atomic mass is 9.55. The van der Waals surface area contributed by atoms with Gasteiger partial charge in [-0.1, -0.05) is 43.1 Å². The van der Waals surface area contributed by atoms with E-state index in [-0.39, 0.29) is 43.5 Å². The summed E-state index contributed by atoms with van der Waals surface area (Å²) in [5.41, 5.74) is 5.40. The molecule has 6 atom stereocenters. The van der Waals surface area contributed by atoms with E-state index in [0.29, 0.717) is 68.1 Å². The Morgan fingerprint density at radius 2 is 1.86 bits per heavy atom. The van der Waals surface area contributed by atoms with E-state index in [2.05, 4.69) is 29.8 Å². The molecule has 3 aliphatic rings. The number of amides is 1. The molecule has 58 heavy (non-hydrogen) atoms. The molecule has 6 unspecified atom stereocenters. The molecule has 2 aromatic carbocycles. The lowest BCUT2D eigenvalue weighted by Gasteiger charge is -2.60. The maximum Gasteiger partial charge on any atom is 0.254 e. The molecule has 2 heterocycles. The average molecular weight is 791 g/mol. The molecule has 1 aliphatic heterocycles. The number of benzene rings is 2. The topological polar surface area (TPSA) is 147 Å². The van der Waals surface area contributed by atoms with Gasteiger partial charge >= 0.3 is 0 Å². The number of hydrogen-bond donors (Lipinski definition) is 2. The van der Waals surface area contributed by atoms with E-state index >= 15 is 0 Å². The number of hydrogen-bond acceptors (Lipinski definition) is 10. The van der Waals surface area contributed by atoms with Crippen LogP contribution in [-0.2, 0) is 16.2 Å². The fraction of sp³-hybridized carbons (Fsp3) is 0.489. The molecule has 1 amide bonds. The van der Waals surface area contributed by atoms with Gasteiger partial charge in [0.05, 0.1) is 35.6 Å². The Morgan fingerprint density at radius 3 is 2.55 bits per heavy atom. The number of allylic oxidation sites excluding steroid dienone is 1. The fourth-order valence-corrected chi connectivity index (χ4v) is 9.21. The highest BCUT2D eigenvalue weighted by atomic mass is 16.7. The first kappa shape index (κ1) is 42.6. The van der Waals surface area contributed by atoms with E-state index in [4.69, 9.17) is 24.2 Å². The third-order valence-electron chi connectivity index (χ3n) is 11.6. The highest BCUT2D eigenvalue weighted by Gasteiger charge is 2.65. The number of aromatic nitrogens is 1. The molecule has 11 heteroatoms. The van der Waals surface area contributed by atoms with Gasteiger partial charge in [0.15, 0.2) is 0 Å². The fourth-order valence-electron chi connectivity index (χ4n) is 9.21. The number of aliphatic hydroxyl groups excluding tert-OH is 2. The lowest BCUT2D eigenvalue weighted by molar-refractivity contribution is -0.254. The number of rotatable bonds is 20. The molecule has 1 saturated carbocycles. The van der Waals surface area contributed by atoms with Gasteiger partial charge in [-0.3, -0.25) is 9.78 Å². The van der Waals surface area contributed by atoms with Gasteiger partial charge in [-0.15, -0.1) is 6.58 Å². The van der Waals surface area contributed by atoms with Gasteiger partial charge in [-0.05, 0) is 118 Å². The van der Waals surface area contributed by atoms with Gasteiger partial charge in [0.1, 0.15) is 30.8 Å². The van der Waals surface area contributed by atoms with Crippen LogP contribution in [-0.4, -0.2) is 76.5 Å². The molecule has 0 spiro atoms. The number of ether oxygens (including phenoxy) is 3. The lowest BCUT2D eigenvalue weighted by Crippen LogP contribution is -2.70. The van der Waals surface area contributed by atoms with E-state index in [9.17, 15) is 20.3 Å². The number of carbonyl (C=O) groups is 1. The number of nitrogens with zero attached hydrogens (tertiary/aromatic N) is 4. The molecule has 0 bridgehead atoms. The Kier molecular flexibility index (Phi) is 14.8. The zero-order valence-corrected chi connectivity index (χ0v) is 34.1. The molecular weight excluding hydrogens is 733 g/mol. The quantitative estimate of drug-likeness (QED) is 0.0660. The van der Waals surface area contributed by atoms with Crippen LogP contribution in [0.2, 0.25) is 0 Å². The number of pyridine rings is 1. The number of carbonyl (C=O) groups excluding carboxylic acids is 1. The molecule has 308 valence electrons. The van der Waals surface area contributed by atoms with Crippen LogP contribution in [0.1, 0.15) is 104 Å². The summed E-state index contributed by atoms with van der Waals surface area (Å²) in [5, 5.41) is 34.0. The Balaban J connectivity index is 1.56. The summed E-state index contributed by atoms with van der Waals surface area (Å²) in [5.74, 6) is -0.609. The van der Waals surface area contributed by atoms with Gasteiger partial charge in [-0.2, -0.15) is 5.26 Å². The highest BCUT2D eigenvalue weighted by molar-refractivity contribution is 6.03. The van der Waals surface area contributed by atoms with Crippen LogP contribution in [0.15, 0.2) is 90.1 Å². The van der Waals surface area contributed by atoms with Crippen molar-refractivity contribution in [3.8, 4) is 17.6 Å². The summed E-state index contributed by atoms with van der Waals surface area (Å²) < 4.78 is 20.8. The molecule has 11 nitrogen and oxygen atoms in total. The smallest absolute Gasteiger partial charge is 0.254 e. The molecular formula is C47H58N4O7. The first-order valence-electron chi connectivity index (χ1n) is 20.9. The molecule has 6 rings (SSSR count). The molecule has 2 N–H and O–H groups in total. The molecule has 1 aromatic heterocycles. The van der Waals surface area contributed by atoms with E-state index in [1.165, 1.54) is 0 Å². The first-order valence-corrected chi connectivity index (χ1v) is 20.9. The van der Waals surface area contributed by atoms with Crippen LogP contribution in [0.25, 0.3) is 0 Å². The van der Waals surface area contributed by atoms with Crippen molar-refractivity contribution in [2.75, 3.05) is 33.0 Å². The van der Waals surface area contributed by atoms with Crippen molar-refractivity contribution in [2.45, 2.75) is 96.5 Å². The molecule has 3 aromatic rings. The van der Waals surface area contributed by atoms with Crippen molar-refractivity contribution >= 4 is 11.6 Å². The van der Waals surface area contributed by atoms with E-state index < -0.39 is 17.7 Å². The largest absolute Gasteiger partial charge is 0.487 e. The van der Waals surface area contributed by atoms with Crippen molar-refractivity contribution in [2.24, 2.45) is 22.9 Å². The number of aryl methyl sites for hydroxylation is 1. The summed E-state index contributed by atoms with van der Waals surface area (Å²) >= 11 is 0. The van der Waals surface area contributed by atoms with Crippen molar-refractivity contribution in [3.05, 3.63) is 113 Å². The SMILES string of the molecule is C=CCOC12Oc3ccc(OCc4cccc(C)n4)cc3C3C(CCCCO)C(CCCCO)C=C(C(=NOCC)CC1N(CCC)C(=O)c1ccc(C#N)cc1)C32. The van der Waals surface area contributed by atoms with Crippen LogP contribution in [0.5, 0.6) is 11.5 Å². The summed E-state index contributed by atoms with van der Waals surface area (Å²) in [7, 11) is 0.